The van der Waals surface area contributed by atoms with Gasteiger partial charge in [0.2, 0.25) is 5.78 Å². The number of aromatic carboxylic acids is 1. The van der Waals surface area contributed by atoms with Gasteiger partial charge in [0.25, 0.3) is 5.91 Å². The zero-order chi connectivity index (χ0) is 27.2. The number of carbonyl (C=O) groups is 3. The van der Waals surface area contributed by atoms with Crippen molar-refractivity contribution in [2.45, 2.75) is 13.0 Å². The Balaban J connectivity index is 1.57. The molecule has 3 aromatic carbocycles. The lowest BCUT2D eigenvalue weighted by Crippen LogP contribution is -2.31. The molecule has 0 unspecified atom stereocenters. The predicted molar refractivity (Wildman–Crippen MR) is 140 cm³/mol. The summed E-state index contributed by atoms with van der Waals surface area (Å²) >= 11 is 0. The third-order valence-corrected chi connectivity index (χ3v) is 5.98. The maximum absolute atomic E-state index is 13.5. The molecule has 0 spiro atoms. The van der Waals surface area contributed by atoms with Crippen molar-refractivity contribution in [1.82, 2.24) is 10.3 Å². The van der Waals surface area contributed by atoms with Gasteiger partial charge in [0.1, 0.15) is 11.4 Å². The van der Waals surface area contributed by atoms with Crippen molar-refractivity contribution in [2.24, 2.45) is 0 Å². The van der Waals surface area contributed by atoms with E-state index in [-0.39, 0.29) is 40.8 Å². The van der Waals surface area contributed by atoms with E-state index in [9.17, 15) is 19.5 Å². The largest absolute Gasteiger partial charge is 0.493 e. The van der Waals surface area contributed by atoms with Crippen LogP contribution in [0, 0.1) is 0 Å². The van der Waals surface area contributed by atoms with Crippen LogP contribution in [0.5, 0.6) is 17.2 Å². The van der Waals surface area contributed by atoms with E-state index in [1.165, 1.54) is 32.4 Å². The predicted octanol–water partition coefficient (Wildman–Crippen LogP) is 4.44. The number of aromatic nitrogens is 1. The van der Waals surface area contributed by atoms with Gasteiger partial charge in [-0.05, 0) is 36.8 Å². The Morgan fingerprint density at radius 3 is 2.26 bits per heavy atom. The SMILES string of the molecule is COc1cc2c(C(=O)O)cnc(C(=O)c3cccc(OCC(=O)N[C@@H](C)c4ccccc4)c3)c2cc1OC. The average Bonchev–Trinajstić information content (AvgIpc) is 2.94. The number of ether oxygens (including phenoxy) is 3. The first kappa shape index (κ1) is 26.2. The van der Waals surface area contributed by atoms with E-state index in [1.54, 1.807) is 18.2 Å². The lowest BCUT2D eigenvalue weighted by Gasteiger charge is -2.15. The maximum atomic E-state index is 13.5. The normalized spacial score (nSPS) is 11.4. The zero-order valence-corrected chi connectivity index (χ0v) is 21.1. The van der Waals surface area contributed by atoms with Crippen LogP contribution in [-0.2, 0) is 4.79 Å². The molecule has 9 nitrogen and oxygen atoms in total. The number of ketones is 1. The highest BCUT2D eigenvalue weighted by molar-refractivity contribution is 6.18. The van der Waals surface area contributed by atoms with Crippen LogP contribution in [0.2, 0.25) is 0 Å². The molecule has 0 bridgehead atoms. The molecule has 1 atom stereocenters. The molecule has 0 saturated carbocycles. The Hall–Kier alpha value is -4.92. The summed E-state index contributed by atoms with van der Waals surface area (Å²) in [5.74, 6) is -0.982. The number of rotatable bonds is 10. The number of hydrogen-bond acceptors (Lipinski definition) is 7. The van der Waals surface area contributed by atoms with Crippen molar-refractivity contribution in [2.75, 3.05) is 20.8 Å². The second kappa shape index (κ2) is 11.4. The minimum Gasteiger partial charge on any atom is -0.493 e. The topological polar surface area (TPSA) is 124 Å². The van der Waals surface area contributed by atoms with Crippen molar-refractivity contribution in [3.05, 3.63) is 95.3 Å². The molecule has 0 aliphatic heterocycles. The van der Waals surface area contributed by atoms with E-state index in [0.717, 1.165) is 11.8 Å². The first-order valence-corrected chi connectivity index (χ1v) is 11.7. The molecule has 194 valence electrons. The highest BCUT2D eigenvalue weighted by Gasteiger charge is 2.22. The van der Waals surface area contributed by atoms with Crippen LogP contribution < -0.4 is 19.5 Å². The summed E-state index contributed by atoms with van der Waals surface area (Å²) in [6, 6.07) is 18.8. The number of carboxylic acid groups (broad SMARTS) is 1. The van der Waals surface area contributed by atoms with E-state index in [1.807, 2.05) is 37.3 Å². The second-order valence-corrected chi connectivity index (χ2v) is 8.42. The molecule has 4 rings (SSSR count). The van der Waals surface area contributed by atoms with Gasteiger partial charge in [-0.1, -0.05) is 42.5 Å². The first-order valence-electron chi connectivity index (χ1n) is 11.7. The molecule has 0 saturated heterocycles. The van der Waals surface area contributed by atoms with Crippen molar-refractivity contribution in [1.29, 1.82) is 0 Å². The van der Waals surface area contributed by atoms with Crippen LogP contribution in [0.25, 0.3) is 10.8 Å². The van der Waals surface area contributed by atoms with Crippen molar-refractivity contribution >= 4 is 28.4 Å². The summed E-state index contributed by atoms with van der Waals surface area (Å²) in [5, 5.41) is 13.1. The number of fused-ring (bicyclic) bond motifs is 1. The fraction of sp³-hybridized carbons (Fsp3) is 0.172. The number of pyridine rings is 1. The van der Waals surface area contributed by atoms with Crippen molar-refractivity contribution in [3.8, 4) is 17.2 Å². The number of carbonyl (C=O) groups excluding carboxylic acids is 2. The molecular formula is C29H26N2O7. The summed E-state index contributed by atoms with van der Waals surface area (Å²) in [6.45, 7) is 1.64. The first-order chi connectivity index (χ1) is 18.3. The lowest BCUT2D eigenvalue weighted by molar-refractivity contribution is -0.123. The molecule has 1 aromatic heterocycles. The Bertz CT molecular complexity index is 1500. The van der Waals surface area contributed by atoms with Crippen LogP contribution in [0.4, 0.5) is 0 Å². The van der Waals surface area contributed by atoms with Crippen LogP contribution in [0.15, 0.2) is 72.9 Å². The molecule has 38 heavy (non-hydrogen) atoms. The third kappa shape index (κ3) is 5.57. The highest BCUT2D eigenvalue weighted by Crippen LogP contribution is 2.35. The van der Waals surface area contributed by atoms with Gasteiger partial charge in [-0.25, -0.2) is 4.79 Å². The number of carboxylic acids is 1. The molecular weight excluding hydrogens is 488 g/mol. The molecule has 1 amide bonds. The molecule has 0 fully saturated rings. The summed E-state index contributed by atoms with van der Waals surface area (Å²) in [5.41, 5.74) is 1.19. The number of amides is 1. The highest BCUT2D eigenvalue weighted by atomic mass is 16.5. The molecule has 0 aliphatic rings. The summed E-state index contributed by atoms with van der Waals surface area (Å²) in [7, 11) is 2.88. The summed E-state index contributed by atoms with van der Waals surface area (Å²) in [6.07, 6.45) is 1.14. The Morgan fingerprint density at radius 2 is 1.61 bits per heavy atom. The van der Waals surface area contributed by atoms with E-state index >= 15 is 0 Å². The van der Waals surface area contributed by atoms with Crippen molar-refractivity contribution < 1.29 is 33.7 Å². The van der Waals surface area contributed by atoms with E-state index in [4.69, 9.17) is 14.2 Å². The van der Waals surface area contributed by atoms with Crippen LogP contribution in [0.3, 0.4) is 0 Å². The molecule has 4 aromatic rings. The van der Waals surface area contributed by atoms with Gasteiger partial charge in [-0.3, -0.25) is 14.6 Å². The standard InChI is InChI=1S/C29H26N2O7/c1-17(18-8-5-4-6-9-18)31-26(32)16-38-20-11-7-10-19(12-20)28(33)27-22-14-25(37-3)24(36-2)13-21(22)23(15-30-27)29(34)35/h4-15,17H,16H2,1-3H3,(H,31,32)(H,34,35)/t17-/m0/s1. The number of nitrogens with zero attached hydrogens (tertiary/aromatic N) is 1. The number of methoxy groups -OCH3 is 2. The number of hydrogen-bond donors (Lipinski definition) is 2. The van der Waals surface area contributed by atoms with Gasteiger partial charge in [0.15, 0.2) is 18.1 Å². The van der Waals surface area contributed by atoms with E-state index in [2.05, 4.69) is 10.3 Å². The maximum Gasteiger partial charge on any atom is 0.337 e. The third-order valence-electron chi connectivity index (χ3n) is 5.98. The summed E-state index contributed by atoms with van der Waals surface area (Å²) < 4.78 is 16.3. The lowest BCUT2D eigenvalue weighted by atomic mass is 9.99. The Labute approximate surface area is 219 Å². The average molecular weight is 515 g/mol. The molecule has 2 N–H and O–H groups in total. The number of nitrogens with one attached hydrogen (secondary N) is 1. The fourth-order valence-electron chi connectivity index (χ4n) is 4.04. The monoisotopic (exact) mass is 514 g/mol. The van der Waals surface area contributed by atoms with Gasteiger partial charge >= 0.3 is 5.97 Å². The van der Waals surface area contributed by atoms with Crippen LogP contribution in [0.1, 0.15) is 44.9 Å². The zero-order valence-electron chi connectivity index (χ0n) is 21.1. The van der Waals surface area contributed by atoms with Gasteiger partial charge in [0.05, 0.1) is 25.8 Å². The summed E-state index contributed by atoms with van der Waals surface area (Å²) in [4.78, 5) is 41.8. The van der Waals surface area contributed by atoms with Crippen LogP contribution >= 0.6 is 0 Å². The Morgan fingerprint density at radius 1 is 0.921 bits per heavy atom. The quantitative estimate of drug-likeness (QED) is 0.298. The minimum absolute atomic E-state index is 0.0394. The smallest absolute Gasteiger partial charge is 0.337 e. The van der Waals surface area contributed by atoms with Crippen molar-refractivity contribution in [3.63, 3.8) is 0 Å². The van der Waals surface area contributed by atoms with Gasteiger partial charge in [-0.2, -0.15) is 0 Å². The van der Waals surface area contributed by atoms with E-state index < -0.39 is 11.8 Å². The minimum atomic E-state index is -1.19. The van der Waals surface area contributed by atoms with Gasteiger partial charge < -0.3 is 24.6 Å². The molecule has 0 aliphatic carbocycles. The van der Waals surface area contributed by atoms with E-state index in [0.29, 0.717) is 22.6 Å². The van der Waals surface area contributed by atoms with Gasteiger partial charge in [0, 0.05) is 22.5 Å². The van der Waals surface area contributed by atoms with Gasteiger partial charge in [-0.15, -0.1) is 0 Å². The van der Waals surface area contributed by atoms with Crippen LogP contribution in [-0.4, -0.2) is 48.6 Å². The molecule has 0 radical (unpaired) electrons. The fourth-order valence-corrected chi connectivity index (χ4v) is 4.04. The Kier molecular flexibility index (Phi) is 7.86. The second-order valence-electron chi connectivity index (χ2n) is 8.42. The number of benzene rings is 3. The molecule has 1 heterocycles. The molecule has 9 heteroatoms.